The second kappa shape index (κ2) is 12.9. The largest absolute Gasteiger partial charge is 0.489 e. The minimum atomic E-state index is -0.250. The molecule has 4 heteroatoms. The molecule has 0 aliphatic rings. The van der Waals surface area contributed by atoms with Crippen LogP contribution in [-0.4, -0.2) is 11.6 Å². The maximum absolute atomic E-state index is 8.36. The van der Waals surface area contributed by atoms with Crippen molar-refractivity contribution in [1.82, 2.24) is 0 Å². The zero-order valence-corrected chi connectivity index (χ0v) is 17.8. The number of carbonyl (C=O) groups is 1. The van der Waals surface area contributed by atoms with Crippen molar-refractivity contribution in [3.8, 4) is 5.75 Å². The first-order valence-corrected chi connectivity index (χ1v) is 9.75. The monoisotopic (exact) mass is 476 g/mol. The molecule has 0 fully saturated rings. The Morgan fingerprint density at radius 3 is 2.59 bits per heavy atom. The number of rotatable bonds is 7. The first-order valence-electron chi connectivity index (χ1n) is 8.51. The standard InChI is InChI=1S/C22H23IO.CH2O2/c1-4-8-19(9-5-2)22(23)20-12-7-13-21(15-20)24-16-18-11-6-10-17(3)14-18;2-1-3/h4-15,22H,1,16H2,2-3H3;1H,(H,2,3)/b9-5-,19-8+;. The third-order valence-electron chi connectivity index (χ3n) is 3.60. The maximum atomic E-state index is 8.36. The summed E-state index contributed by atoms with van der Waals surface area (Å²) in [6.45, 7) is 8.27. The molecule has 1 unspecified atom stereocenters. The maximum Gasteiger partial charge on any atom is 0.290 e. The van der Waals surface area contributed by atoms with Gasteiger partial charge in [-0.15, -0.1) is 0 Å². The predicted octanol–water partition coefficient (Wildman–Crippen LogP) is 6.44. The van der Waals surface area contributed by atoms with Gasteiger partial charge in [-0.1, -0.05) is 95.4 Å². The highest BCUT2D eigenvalue weighted by Crippen LogP contribution is 2.34. The zero-order chi connectivity index (χ0) is 20.1. The second-order valence-corrected chi connectivity index (χ2v) is 6.97. The summed E-state index contributed by atoms with van der Waals surface area (Å²) in [5, 5.41) is 6.89. The fraction of sp³-hybridized carbons (Fsp3) is 0.174. The quantitative estimate of drug-likeness (QED) is 0.217. The van der Waals surface area contributed by atoms with Gasteiger partial charge in [0.15, 0.2) is 0 Å². The Hall–Kier alpha value is -2.34. The number of ether oxygens (including phenoxy) is 1. The van der Waals surface area contributed by atoms with Gasteiger partial charge in [-0.2, -0.15) is 0 Å². The van der Waals surface area contributed by atoms with Crippen LogP contribution in [0.3, 0.4) is 0 Å². The van der Waals surface area contributed by atoms with Crippen LogP contribution in [-0.2, 0) is 11.4 Å². The summed E-state index contributed by atoms with van der Waals surface area (Å²) in [6.07, 6.45) is 8.06. The van der Waals surface area contributed by atoms with E-state index in [4.69, 9.17) is 14.6 Å². The Bertz CT molecular complexity index is 794. The minimum Gasteiger partial charge on any atom is -0.489 e. The molecule has 0 aliphatic carbocycles. The summed E-state index contributed by atoms with van der Waals surface area (Å²) < 4.78 is 6.24. The van der Waals surface area contributed by atoms with Gasteiger partial charge < -0.3 is 9.84 Å². The van der Waals surface area contributed by atoms with E-state index in [1.165, 1.54) is 22.3 Å². The summed E-state index contributed by atoms with van der Waals surface area (Å²) in [5.74, 6) is 0.897. The van der Waals surface area contributed by atoms with E-state index in [-0.39, 0.29) is 10.4 Å². The van der Waals surface area contributed by atoms with Gasteiger partial charge in [0.25, 0.3) is 6.47 Å². The van der Waals surface area contributed by atoms with Crippen LogP contribution in [0.4, 0.5) is 0 Å². The van der Waals surface area contributed by atoms with Crippen LogP contribution >= 0.6 is 22.6 Å². The van der Waals surface area contributed by atoms with Gasteiger partial charge in [-0.25, -0.2) is 0 Å². The van der Waals surface area contributed by atoms with Crippen molar-refractivity contribution in [3.05, 3.63) is 102 Å². The van der Waals surface area contributed by atoms with Crippen molar-refractivity contribution < 1.29 is 14.6 Å². The van der Waals surface area contributed by atoms with E-state index in [1.54, 1.807) is 0 Å². The summed E-state index contributed by atoms with van der Waals surface area (Å²) in [5.41, 5.74) is 4.89. The Morgan fingerprint density at radius 2 is 1.96 bits per heavy atom. The van der Waals surface area contributed by atoms with Gasteiger partial charge >= 0.3 is 0 Å². The molecule has 0 heterocycles. The summed E-state index contributed by atoms with van der Waals surface area (Å²) in [6, 6.07) is 16.7. The van der Waals surface area contributed by atoms with Crippen LogP contribution in [0.1, 0.15) is 27.5 Å². The SMILES string of the molecule is C=C/C=C(\C=C/C)C(I)c1cccc(OCc2cccc(C)c2)c1.O=CO. The fourth-order valence-corrected chi connectivity index (χ4v) is 3.28. The van der Waals surface area contributed by atoms with Gasteiger partial charge in [0.1, 0.15) is 12.4 Å². The van der Waals surface area contributed by atoms with E-state index in [1.807, 2.05) is 25.1 Å². The number of benzene rings is 2. The van der Waals surface area contributed by atoms with E-state index < -0.39 is 0 Å². The highest BCUT2D eigenvalue weighted by molar-refractivity contribution is 14.1. The fourth-order valence-electron chi connectivity index (χ4n) is 2.48. The molecule has 0 bridgehead atoms. The smallest absolute Gasteiger partial charge is 0.290 e. The van der Waals surface area contributed by atoms with E-state index in [2.05, 4.69) is 90.7 Å². The second-order valence-electron chi connectivity index (χ2n) is 5.72. The Labute approximate surface area is 175 Å². The van der Waals surface area contributed by atoms with Crippen LogP contribution in [0.25, 0.3) is 0 Å². The van der Waals surface area contributed by atoms with E-state index in [0.717, 1.165) is 5.75 Å². The van der Waals surface area contributed by atoms with Crippen LogP contribution in [0.2, 0.25) is 0 Å². The molecule has 2 rings (SSSR count). The first kappa shape index (κ1) is 22.7. The molecule has 0 amide bonds. The molecule has 0 radical (unpaired) electrons. The molecule has 27 heavy (non-hydrogen) atoms. The van der Waals surface area contributed by atoms with Gasteiger partial charge in [-0.05, 0) is 42.7 Å². The molecule has 0 saturated carbocycles. The number of hydrogen-bond acceptors (Lipinski definition) is 2. The number of carboxylic acid groups (broad SMARTS) is 1. The molecule has 2 aromatic carbocycles. The van der Waals surface area contributed by atoms with Crippen LogP contribution in [0.15, 0.2) is 85.0 Å². The molecule has 0 saturated heterocycles. The van der Waals surface area contributed by atoms with E-state index >= 15 is 0 Å². The van der Waals surface area contributed by atoms with Crippen LogP contribution < -0.4 is 4.74 Å². The lowest BCUT2D eigenvalue weighted by molar-refractivity contribution is -0.122. The lowest BCUT2D eigenvalue weighted by Crippen LogP contribution is -1.98. The van der Waals surface area contributed by atoms with Crippen molar-refractivity contribution in [2.24, 2.45) is 0 Å². The highest BCUT2D eigenvalue weighted by Gasteiger charge is 2.11. The normalized spacial score (nSPS) is 12.0. The van der Waals surface area contributed by atoms with Crippen molar-refractivity contribution in [1.29, 1.82) is 0 Å². The molecular weight excluding hydrogens is 451 g/mol. The summed E-state index contributed by atoms with van der Waals surface area (Å²) in [4.78, 5) is 8.36. The third-order valence-corrected chi connectivity index (χ3v) is 5.04. The highest BCUT2D eigenvalue weighted by atomic mass is 127. The molecule has 1 N–H and O–H groups in total. The summed E-state index contributed by atoms with van der Waals surface area (Å²) >= 11 is 2.45. The van der Waals surface area contributed by atoms with Crippen molar-refractivity contribution in [2.45, 2.75) is 24.4 Å². The Morgan fingerprint density at radius 1 is 1.26 bits per heavy atom. The predicted molar refractivity (Wildman–Crippen MR) is 121 cm³/mol. The van der Waals surface area contributed by atoms with Gasteiger partial charge in [0, 0.05) is 0 Å². The Kier molecular flexibility index (Phi) is 10.9. The van der Waals surface area contributed by atoms with Gasteiger partial charge in [0.05, 0.1) is 3.92 Å². The molecule has 142 valence electrons. The first-order chi connectivity index (χ1) is 13.0. The minimum absolute atomic E-state index is 0.250. The third kappa shape index (κ3) is 8.26. The molecule has 2 aromatic rings. The number of halogens is 1. The van der Waals surface area contributed by atoms with Gasteiger partial charge in [0.2, 0.25) is 0 Å². The Balaban J connectivity index is 0.00000114. The van der Waals surface area contributed by atoms with Crippen LogP contribution in [0.5, 0.6) is 5.75 Å². The lowest BCUT2D eigenvalue weighted by Gasteiger charge is -2.14. The summed E-state index contributed by atoms with van der Waals surface area (Å²) in [7, 11) is 0. The van der Waals surface area contributed by atoms with E-state index in [0.29, 0.717) is 6.61 Å². The number of aryl methyl sites for hydroxylation is 1. The average molecular weight is 476 g/mol. The van der Waals surface area contributed by atoms with Gasteiger partial charge in [-0.3, -0.25) is 4.79 Å². The lowest BCUT2D eigenvalue weighted by atomic mass is 10.0. The average Bonchev–Trinajstić information content (AvgIpc) is 2.67. The van der Waals surface area contributed by atoms with Crippen LogP contribution in [0, 0.1) is 6.92 Å². The van der Waals surface area contributed by atoms with E-state index in [9.17, 15) is 0 Å². The molecule has 0 spiro atoms. The molecule has 1 atom stereocenters. The number of hydrogen-bond donors (Lipinski definition) is 1. The molecule has 0 aromatic heterocycles. The van der Waals surface area contributed by atoms with Crippen molar-refractivity contribution in [2.75, 3.05) is 0 Å². The molecule has 3 nitrogen and oxygen atoms in total. The molecule has 0 aliphatic heterocycles. The molecular formula is C23H25IO3. The van der Waals surface area contributed by atoms with Crippen molar-refractivity contribution in [3.63, 3.8) is 0 Å². The number of allylic oxidation sites excluding steroid dienone is 5. The zero-order valence-electron chi connectivity index (χ0n) is 15.6. The van der Waals surface area contributed by atoms with Crippen molar-refractivity contribution >= 4 is 29.1 Å². The number of alkyl halides is 1. The topological polar surface area (TPSA) is 46.5 Å².